The average Bonchev–Trinajstić information content (AvgIpc) is 2.23. The predicted molar refractivity (Wildman–Crippen MR) is 63.5 cm³/mol. The molecule has 0 heterocycles. The second-order valence-electron chi connectivity index (χ2n) is 4.53. The minimum absolute atomic E-state index is 0.0420. The summed E-state index contributed by atoms with van der Waals surface area (Å²) in [6.07, 6.45) is -2.43. The molecular formula is C12H14BrF3O. The second-order valence-corrected chi connectivity index (χ2v) is 5.38. The normalized spacial score (nSPS) is 12.2. The van der Waals surface area contributed by atoms with E-state index in [4.69, 9.17) is 4.74 Å². The minimum Gasteiger partial charge on any atom is -0.376 e. The molecular weight excluding hydrogens is 297 g/mol. The van der Waals surface area contributed by atoms with Gasteiger partial charge in [-0.3, -0.25) is 0 Å². The summed E-state index contributed by atoms with van der Waals surface area (Å²) in [6.45, 7) is 3.03. The monoisotopic (exact) mass is 310 g/mol. The maximum Gasteiger partial charge on any atom is 0.245 e. The number of halogens is 4. The summed E-state index contributed by atoms with van der Waals surface area (Å²) >= 11 is 3.05. The summed E-state index contributed by atoms with van der Waals surface area (Å²) < 4.78 is 43.5. The third-order valence-electron chi connectivity index (χ3n) is 2.32. The van der Waals surface area contributed by atoms with E-state index in [0.29, 0.717) is 4.47 Å². The van der Waals surface area contributed by atoms with Crippen molar-refractivity contribution >= 4 is 15.9 Å². The quantitative estimate of drug-likeness (QED) is 0.783. The maximum atomic E-state index is 12.9. The third-order valence-corrected chi connectivity index (χ3v) is 2.93. The Bertz CT molecular complexity index is 380. The number of hydrogen-bond acceptors (Lipinski definition) is 1. The van der Waals surface area contributed by atoms with Gasteiger partial charge in [0.2, 0.25) is 6.43 Å². The molecule has 0 amide bonds. The molecule has 1 rings (SSSR count). The van der Waals surface area contributed by atoms with Crippen molar-refractivity contribution in [2.24, 2.45) is 5.41 Å². The van der Waals surface area contributed by atoms with Gasteiger partial charge in [-0.15, -0.1) is 0 Å². The van der Waals surface area contributed by atoms with Crippen LogP contribution in [0.15, 0.2) is 22.7 Å². The van der Waals surface area contributed by atoms with Gasteiger partial charge in [0.15, 0.2) is 0 Å². The van der Waals surface area contributed by atoms with Crippen LogP contribution in [0.4, 0.5) is 13.2 Å². The van der Waals surface area contributed by atoms with Gasteiger partial charge in [0.05, 0.1) is 17.7 Å². The lowest BCUT2D eigenvalue weighted by molar-refractivity contribution is -0.0479. The largest absolute Gasteiger partial charge is 0.376 e. The first-order chi connectivity index (χ1) is 7.83. The van der Waals surface area contributed by atoms with E-state index in [-0.39, 0.29) is 19.0 Å². The molecule has 0 aromatic heterocycles. The highest BCUT2D eigenvalue weighted by molar-refractivity contribution is 9.10. The smallest absolute Gasteiger partial charge is 0.245 e. The first-order valence-corrected chi connectivity index (χ1v) is 5.92. The van der Waals surface area contributed by atoms with E-state index < -0.39 is 11.8 Å². The average molecular weight is 311 g/mol. The highest BCUT2D eigenvalue weighted by atomic mass is 79.9. The summed E-state index contributed by atoms with van der Waals surface area (Å²) in [7, 11) is 0. The van der Waals surface area contributed by atoms with Crippen molar-refractivity contribution in [1.82, 2.24) is 0 Å². The third kappa shape index (κ3) is 4.32. The summed E-state index contributed by atoms with van der Waals surface area (Å²) in [5.41, 5.74) is -0.430. The molecule has 0 atom stereocenters. The van der Waals surface area contributed by atoms with Gasteiger partial charge in [-0.05, 0) is 33.6 Å². The van der Waals surface area contributed by atoms with Crippen molar-refractivity contribution in [3.05, 3.63) is 34.1 Å². The van der Waals surface area contributed by atoms with Crippen LogP contribution >= 0.6 is 15.9 Å². The summed E-state index contributed by atoms with van der Waals surface area (Å²) in [5, 5.41) is 0. The number of ether oxygens (including phenoxy) is 1. The van der Waals surface area contributed by atoms with Gasteiger partial charge in [-0.25, -0.2) is 13.2 Å². The fourth-order valence-corrected chi connectivity index (χ4v) is 1.55. The van der Waals surface area contributed by atoms with Gasteiger partial charge in [0.25, 0.3) is 0 Å². The molecule has 0 aliphatic rings. The Labute approximate surface area is 107 Å². The van der Waals surface area contributed by atoms with Crippen molar-refractivity contribution in [1.29, 1.82) is 0 Å². The first kappa shape index (κ1) is 14.5. The number of benzene rings is 1. The van der Waals surface area contributed by atoms with Crippen molar-refractivity contribution in [3.63, 3.8) is 0 Å². The van der Waals surface area contributed by atoms with Crippen LogP contribution in [0.2, 0.25) is 0 Å². The zero-order chi connectivity index (χ0) is 13.1. The highest BCUT2D eigenvalue weighted by Crippen LogP contribution is 2.25. The molecule has 1 aromatic carbocycles. The number of rotatable bonds is 5. The molecule has 5 heteroatoms. The van der Waals surface area contributed by atoms with Gasteiger partial charge in [-0.2, -0.15) is 0 Å². The first-order valence-electron chi connectivity index (χ1n) is 5.13. The standard InChI is InChI=1S/C12H14BrF3O/c1-12(2,11(15)16)7-17-6-8-3-4-10(14)9(13)5-8/h3-5,11H,6-7H2,1-2H3. The van der Waals surface area contributed by atoms with E-state index in [2.05, 4.69) is 15.9 Å². The molecule has 0 saturated heterocycles. The Hall–Kier alpha value is -0.550. The van der Waals surface area contributed by atoms with E-state index >= 15 is 0 Å². The molecule has 1 aromatic rings. The molecule has 0 fully saturated rings. The SMILES string of the molecule is CC(C)(COCc1ccc(F)c(Br)c1)C(F)F. The molecule has 96 valence electrons. The van der Waals surface area contributed by atoms with E-state index in [9.17, 15) is 13.2 Å². The van der Waals surface area contributed by atoms with E-state index in [0.717, 1.165) is 5.56 Å². The van der Waals surface area contributed by atoms with Gasteiger partial charge in [0, 0.05) is 5.41 Å². The number of alkyl halides is 2. The molecule has 0 aliphatic carbocycles. The Morgan fingerprint density at radius 3 is 2.53 bits per heavy atom. The van der Waals surface area contributed by atoms with Crippen LogP contribution in [0.5, 0.6) is 0 Å². The lowest BCUT2D eigenvalue weighted by atomic mass is 9.96. The van der Waals surface area contributed by atoms with Crippen molar-refractivity contribution in [2.75, 3.05) is 6.61 Å². The lowest BCUT2D eigenvalue weighted by Crippen LogP contribution is -2.27. The van der Waals surface area contributed by atoms with E-state index in [1.54, 1.807) is 12.1 Å². The van der Waals surface area contributed by atoms with Crippen LogP contribution < -0.4 is 0 Å². The topological polar surface area (TPSA) is 9.23 Å². The molecule has 0 N–H and O–H groups in total. The van der Waals surface area contributed by atoms with Crippen molar-refractivity contribution < 1.29 is 17.9 Å². The van der Waals surface area contributed by atoms with Crippen LogP contribution in [0.3, 0.4) is 0 Å². The molecule has 0 radical (unpaired) electrons. The maximum absolute atomic E-state index is 12.9. The van der Waals surface area contributed by atoms with Crippen LogP contribution in [0.1, 0.15) is 19.4 Å². The summed E-state index contributed by atoms with van der Waals surface area (Å²) in [6, 6.07) is 4.45. The molecule has 0 saturated carbocycles. The van der Waals surface area contributed by atoms with Gasteiger partial charge in [0.1, 0.15) is 5.82 Å². The summed E-state index contributed by atoms with van der Waals surface area (Å²) in [4.78, 5) is 0. The lowest BCUT2D eigenvalue weighted by Gasteiger charge is -2.23. The minimum atomic E-state index is -2.43. The number of hydrogen-bond donors (Lipinski definition) is 0. The van der Waals surface area contributed by atoms with Gasteiger partial charge >= 0.3 is 0 Å². The summed E-state index contributed by atoms with van der Waals surface area (Å²) in [5.74, 6) is -0.360. The molecule has 0 spiro atoms. The van der Waals surface area contributed by atoms with Crippen LogP contribution in [0, 0.1) is 11.2 Å². The van der Waals surface area contributed by atoms with Crippen LogP contribution in [-0.4, -0.2) is 13.0 Å². The van der Waals surface area contributed by atoms with Gasteiger partial charge < -0.3 is 4.74 Å². The fourth-order valence-electron chi connectivity index (χ4n) is 1.12. The molecule has 17 heavy (non-hydrogen) atoms. The second kappa shape index (κ2) is 5.87. The fraction of sp³-hybridized carbons (Fsp3) is 0.500. The van der Waals surface area contributed by atoms with E-state index in [1.807, 2.05) is 0 Å². The zero-order valence-electron chi connectivity index (χ0n) is 9.64. The van der Waals surface area contributed by atoms with E-state index in [1.165, 1.54) is 19.9 Å². The van der Waals surface area contributed by atoms with Crippen molar-refractivity contribution in [2.45, 2.75) is 26.9 Å². The Balaban J connectivity index is 2.49. The Kier molecular flexibility index (Phi) is 5.01. The van der Waals surface area contributed by atoms with Crippen molar-refractivity contribution in [3.8, 4) is 0 Å². The molecule has 0 aliphatic heterocycles. The molecule has 1 nitrogen and oxygen atoms in total. The Morgan fingerprint density at radius 1 is 1.35 bits per heavy atom. The predicted octanol–water partition coefficient (Wildman–Crippen LogP) is 4.40. The van der Waals surface area contributed by atoms with Crippen LogP contribution in [0.25, 0.3) is 0 Å². The molecule has 0 bridgehead atoms. The highest BCUT2D eigenvalue weighted by Gasteiger charge is 2.29. The Morgan fingerprint density at radius 2 is 2.00 bits per heavy atom. The van der Waals surface area contributed by atoms with Crippen LogP contribution in [-0.2, 0) is 11.3 Å². The zero-order valence-corrected chi connectivity index (χ0v) is 11.2. The van der Waals surface area contributed by atoms with Gasteiger partial charge in [-0.1, -0.05) is 19.9 Å². The molecule has 0 unspecified atom stereocenters.